The quantitative estimate of drug-likeness (QED) is 0.440. The average Bonchev–Trinajstić information content (AvgIpc) is 2.29. The Morgan fingerprint density at radius 3 is 2.22 bits per heavy atom. The molecule has 0 radical (unpaired) electrons. The number of rotatable bonds is 5. The van der Waals surface area contributed by atoms with Crippen molar-refractivity contribution < 1.29 is 0 Å². The van der Waals surface area contributed by atoms with E-state index in [1.54, 1.807) is 0 Å². The molecule has 0 amide bonds. The molecule has 106 valence electrons. The first kappa shape index (κ1) is 15.7. The highest BCUT2D eigenvalue weighted by atomic mass is 15.2. The summed E-state index contributed by atoms with van der Waals surface area (Å²) in [7, 11) is 0. The molecule has 1 aliphatic carbocycles. The van der Waals surface area contributed by atoms with Crippen molar-refractivity contribution in [2.75, 3.05) is 0 Å². The van der Waals surface area contributed by atoms with Crippen molar-refractivity contribution in [2.24, 2.45) is 23.1 Å². The number of hydrogen-bond acceptors (Lipinski definition) is 2. The highest BCUT2D eigenvalue weighted by Gasteiger charge is 2.32. The van der Waals surface area contributed by atoms with Crippen LogP contribution in [0, 0.1) is 17.3 Å². The number of hydrogen-bond donors (Lipinski definition) is 2. The lowest BCUT2D eigenvalue weighted by Crippen LogP contribution is -2.43. The Bertz CT molecular complexity index is 257. The van der Waals surface area contributed by atoms with E-state index in [1.165, 1.54) is 31.3 Å². The normalized spacial score (nSPS) is 26.9. The van der Waals surface area contributed by atoms with Crippen LogP contribution >= 0.6 is 0 Å². The van der Waals surface area contributed by atoms with E-state index in [1.807, 2.05) is 0 Å². The van der Waals surface area contributed by atoms with Crippen molar-refractivity contribution in [3.05, 3.63) is 12.2 Å². The highest BCUT2D eigenvalue weighted by molar-refractivity contribution is 4.91. The molecule has 1 rings (SSSR count). The third-order valence-electron chi connectivity index (χ3n) is 4.66. The molecule has 0 spiro atoms. The van der Waals surface area contributed by atoms with Crippen LogP contribution in [0.4, 0.5) is 0 Å². The van der Waals surface area contributed by atoms with Crippen LogP contribution < -0.4 is 11.3 Å². The third kappa shape index (κ3) is 4.74. The smallest absolute Gasteiger partial charge is 0.0241 e. The molecule has 2 heteroatoms. The zero-order valence-corrected chi connectivity index (χ0v) is 12.8. The maximum atomic E-state index is 5.73. The van der Waals surface area contributed by atoms with Gasteiger partial charge >= 0.3 is 0 Å². The molecule has 0 bridgehead atoms. The first-order valence-corrected chi connectivity index (χ1v) is 7.45. The van der Waals surface area contributed by atoms with Crippen LogP contribution in [-0.4, -0.2) is 6.04 Å². The van der Waals surface area contributed by atoms with Crippen LogP contribution in [0.1, 0.15) is 66.2 Å². The minimum atomic E-state index is 0.467. The maximum Gasteiger partial charge on any atom is 0.0241 e. The van der Waals surface area contributed by atoms with Crippen molar-refractivity contribution in [3.63, 3.8) is 0 Å². The van der Waals surface area contributed by atoms with Crippen molar-refractivity contribution >= 4 is 0 Å². The summed E-state index contributed by atoms with van der Waals surface area (Å²) in [5, 5.41) is 0. The van der Waals surface area contributed by atoms with Gasteiger partial charge in [-0.3, -0.25) is 11.3 Å². The lowest BCUT2D eigenvalue weighted by atomic mass is 9.68. The standard InChI is InChI=1S/C16H32N2/c1-12(2)6-11-15(18-17)13-7-9-14(10-8-13)16(3,4)5/h13-15,18H,1,6-11,17H2,2-5H3. The van der Waals surface area contributed by atoms with E-state index in [0.717, 1.165) is 24.7 Å². The zero-order chi connectivity index (χ0) is 13.8. The fraction of sp³-hybridized carbons (Fsp3) is 0.875. The summed E-state index contributed by atoms with van der Waals surface area (Å²) in [4.78, 5) is 0. The Labute approximate surface area is 113 Å². The Hall–Kier alpha value is -0.340. The molecular weight excluding hydrogens is 220 g/mol. The molecule has 0 saturated heterocycles. The monoisotopic (exact) mass is 252 g/mol. The SMILES string of the molecule is C=C(C)CCC(NN)C1CCC(C(C)(C)C)CC1. The van der Waals surface area contributed by atoms with Crippen molar-refractivity contribution in [1.29, 1.82) is 0 Å². The first-order valence-electron chi connectivity index (χ1n) is 7.45. The van der Waals surface area contributed by atoms with E-state index < -0.39 is 0 Å². The van der Waals surface area contributed by atoms with Gasteiger partial charge in [-0.15, -0.1) is 6.58 Å². The molecule has 1 unspecified atom stereocenters. The van der Waals surface area contributed by atoms with Gasteiger partial charge in [0, 0.05) is 6.04 Å². The molecular formula is C16H32N2. The molecule has 1 aliphatic rings. The fourth-order valence-corrected chi connectivity index (χ4v) is 3.24. The number of nitrogens with one attached hydrogen (secondary N) is 1. The predicted molar refractivity (Wildman–Crippen MR) is 80.1 cm³/mol. The lowest BCUT2D eigenvalue weighted by Gasteiger charge is -2.39. The largest absolute Gasteiger partial charge is 0.271 e. The van der Waals surface area contributed by atoms with Gasteiger partial charge in [0.1, 0.15) is 0 Å². The summed E-state index contributed by atoms with van der Waals surface area (Å²) in [5.74, 6) is 7.37. The van der Waals surface area contributed by atoms with Crippen molar-refractivity contribution in [2.45, 2.75) is 72.3 Å². The molecule has 18 heavy (non-hydrogen) atoms. The van der Waals surface area contributed by atoms with Crippen LogP contribution in [0.3, 0.4) is 0 Å². The zero-order valence-electron chi connectivity index (χ0n) is 12.8. The van der Waals surface area contributed by atoms with Crippen molar-refractivity contribution in [3.8, 4) is 0 Å². The molecule has 0 aromatic heterocycles. The molecule has 1 fully saturated rings. The van der Waals surface area contributed by atoms with E-state index in [0.29, 0.717) is 11.5 Å². The average molecular weight is 252 g/mol. The van der Waals surface area contributed by atoms with Crippen molar-refractivity contribution in [1.82, 2.24) is 5.43 Å². The van der Waals surface area contributed by atoms with Crippen LogP contribution in [0.25, 0.3) is 0 Å². The van der Waals surface area contributed by atoms with Crippen LogP contribution in [0.15, 0.2) is 12.2 Å². The molecule has 3 N–H and O–H groups in total. The van der Waals surface area contributed by atoms with Gasteiger partial charge in [0.25, 0.3) is 0 Å². The Morgan fingerprint density at radius 2 is 1.83 bits per heavy atom. The molecule has 1 saturated carbocycles. The summed E-state index contributed by atoms with van der Waals surface area (Å²) < 4.78 is 0. The second-order valence-corrected chi connectivity index (χ2v) is 7.25. The second kappa shape index (κ2) is 6.72. The van der Waals surface area contributed by atoms with Crippen LogP contribution in [-0.2, 0) is 0 Å². The number of nitrogens with two attached hydrogens (primary N) is 1. The Morgan fingerprint density at radius 1 is 1.28 bits per heavy atom. The van der Waals surface area contributed by atoms with E-state index in [9.17, 15) is 0 Å². The summed E-state index contributed by atoms with van der Waals surface area (Å²) in [5.41, 5.74) is 4.77. The van der Waals surface area contributed by atoms with Crippen LogP contribution in [0.2, 0.25) is 0 Å². The van der Waals surface area contributed by atoms with Gasteiger partial charge in [0.15, 0.2) is 0 Å². The minimum Gasteiger partial charge on any atom is -0.271 e. The van der Waals surface area contributed by atoms with Gasteiger partial charge in [-0.1, -0.05) is 26.3 Å². The molecule has 2 nitrogen and oxygen atoms in total. The van der Waals surface area contributed by atoms with E-state index in [-0.39, 0.29) is 0 Å². The molecule has 0 heterocycles. The lowest BCUT2D eigenvalue weighted by molar-refractivity contribution is 0.130. The van der Waals surface area contributed by atoms with Gasteiger partial charge in [-0.05, 0) is 62.7 Å². The number of hydrazine groups is 1. The Balaban J connectivity index is 2.42. The first-order chi connectivity index (χ1) is 8.34. The summed E-state index contributed by atoms with van der Waals surface area (Å²) in [6.45, 7) is 13.2. The molecule has 0 aromatic rings. The summed E-state index contributed by atoms with van der Waals surface area (Å²) in [6, 6.07) is 0.475. The summed E-state index contributed by atoms with van der Waals surface area (Å²) in [6.07, 6.45) is 7.60. The number of allylic oxidation sites excluding steroid dienone is 1. The van der Waals surface area contributed by atoms with Gasteiger partial charge < -0.3 is 0 Å². The van der Waals surface area contributed by atoms with Crippen LogP contribution in [0.5, 0.6) is 0 Å². The maximum absolute atomic E-state index is 5.73. The highest BCUT2D eigenvalue weighted by Crippen LogP contribution is 2.41. The molecule has 0 aliphatic heterocycles. The summed E-state index contributed by atoms with van der Waals surface area (Å²) >= 11 is 0. The predicted octanol–water partition coefficient (Wildman–Crippen LogP) is 4.03. The minimum absolute atomic E-state index is 0.467. The van der Waals surface area contributed by atoms with Gasteiger partial charge in [-0.25, -0.2) is 0 Å². The van der Waals surface area contributed by atoms with Gasteiger partial charge in [0.2, 0.25) is 0 Å². The van der Waals surface area contributed by atoms with Gasteiger partial charge in [-0.2, -0.15) is 0 Å². The second-order valence-electron chi connectivity index (χ2n) is 7.25. The van der Waals surface area contributed by atoms with E-state index in [4.69, 9.17) is 5.84 Å². The topological polar surface area (TPSA) is 38.0 Å². The van der Waals surface area contributed by atoms with E-state index >= 15 is 0 Å². The fourth-order valence-electron chi connectivity index (χ4n) is 3.24. The van der Waals surface area contributed by atoms with E-state index in [2.05, 4.69) is 39.7 Å². The third-order valence-corrected chi connectivity index (χ3v) is 4.66. The molecule has 1 atom stereocenters. The Kier molecular flexibility index (Phi) is 5.87. The van der Waals surface area contributed by atoms with Gasteiger partial charge in [0.05, 0.1) is 0 Å². The molecule has 0 aromatic carbocycles.